The molecule has 0 aromatic rings. The lowest BCUT2D eigenvalue weighted by molar-refractivity contribution is -0.115. The lowest BCUT2D eigenvalue weighted by Gasteiger charge is -2.13. The number of rotatable bonds is 3. The highest BCUT2D eigenvalue weighted by atomic mass is 16.1. The molecule has 0 spiro atoms. The lowest BCUT2D eigenvalue weighted by atomic mass is 9.95. The van der Waals surface area contributed by atoms with Crippen molar-refractivity contribution in [2.75, 3.05) is 6.54 Å². The van der Waals surface area contributed by atoms with Crippen molar-refractivity contribution in [1.82, 2.24) is 5.32 Å². The third kappa shape index (κ3) is 1.43. The number of fused-ring (bicyclic) bond motifs is 1. The van der Waals surface area contributed by atoms with Gasteiger partial charge in [0.05, 0.1) is 0 Å². The van der Waals surface area contributed by atoms with Crippen molar-refractivity contribution in [2.24, 2.45) is 17.3 Å². The second-order valence-corrected chi connectivity index (χ2v) is 5.24. The molecule has 0 amide bonds. The number of nitrogens with one attached hydrogen (secondary N) is 1. The first-order valence-corrected chi connectivity index (χ1v) is 5.59. The van der Waals surface area contributed by atoms with E-state index in [2.05, 4.69) is 25.7 Å². The average molecular weight is 205 g/mol. The first-order chi connectivity index (χ1) is 7.00. The van der Waals surface area contributed by atoms with Gasteiger partial charge < -0.3 is 5.32 Å². The van der Waals surface area contributed by atoms with Crippen molar-refractivity contribution in [2.45, 2.75) is 27.2 Å². The summed E-state index contributed by atoms with van der Waals surface area (Å²) in [5.41, 5.74) is 2.45. The first-order valence-electron chi connectivity index (χ1n) is 5.59. The average Bonchev–Trinajstić information content (AvgIpc) is 2.59. The zero-order valence-corrected chi connectivity index (χ0v) is 9.76. The highest BCUT2D eigenvalue weighted by Gasteiger charge is 2.65. The van der Waals surface area contributed by atoms with Crippen LogP contribution in [0.3, 0.4) is 0 Å². The molecule has 2 atom stereocenters. The molecule has 82 valence electrons. The van der Waals surface area contributed by atoms with Crippen LogP contribution in [0.25, 0.3) is 0 Å². The van der Waals surface area contributed by atoms with Crippen LogP contribution in [0.4, 0.5) is 0 Å². The Labute approximate surface area is 91.4 Å². The van der Waals surface area contributed by atoms with Gasteiger partial charge in [-0.1, -0.05) is 19.9 Å². The summed E-state index contributed by atoms with van der Waals surface area (Å²) in [6.07, 6.45) is 2.57. The number of allylic oxidation sites excluding steroid dienone is 2. The van der Waals surface area contributed by atoms with Gasteiger partial charge in [-0.05, 0) is 24.2 Å². The molecule has 1 N–H and O–H groups in total. The molecule has 2 aliphatic rings. The molecule has 2 rings (SSSR count). The SMILES string of the molecule is C=CCN/C(C)=C1\C(=O)C[C@@H]2[C@H]1C2(C)C. The molecule has 15 heavy (non-hydrogen) atoms. The van der Waals surface area contributed by atoms with E-state index < -0.39 is 0 Å². The summed E-state index contributed by atoms with van der Waals surface area (Å²) in [7, 11) is 0. The molecule has 2 fully saturated rings. The van der Waals surface area contributed by atoms with Gasteiger partial charge in [0.25, 0.3) is 0 Å². The van der Waals surface area contributed by atoms with E-state index in [4.69, 9.17) is 0 Å². The van der Waals surface area contributed by atoms with Crippen LogP contribution in [0, 0.1) is 17.3 Å². The summed E-state index contributed by atoms with van der Waals surface area (Å²) in [6.45, 7) is 10.9. The second-order valence-electron chi connectivity index (χ2n) is 5.24. The minimum absolute atomic E-state index is 0.346. The molecular weight excluding hydrogens is 186 g/mol. The highest BCUT2D eigenvalue weighted by Crippen LogP contribution is 2.68. The van der Waals surface area contributed by atoms with Gasteiger partial charge in [0.15, 0.2) is 5.78 Å². The van der Waals surface area contributed by atoms with E-state index in [1.165, 1.54) is 0 Å². The fourth-order valence-corrected chi connectivity index (χ4v) is 2.94. The van der Waals surface area contributed by atoms with Crippen LogP contribution in [-0.4, -0.2) is 12.3 Å². The molecule has 2 saturated carbocycles. The molecule has 0 aliphatic heterocycles. The molecular formula is C13H19NO. The number of Topliss-reactive ketones (excluding diaryl/α,β-unsaturated/α-hetero) is 1. The zero-order valence-electron chi connectivity index (χ0n) is 9.76. The van der Waals surface area contributed by atoms with Gasteiger partial charge in [-0.2, -0.15) is 0 Å². The van der Waals surface area contributed by atoms with Crippen molar-refractivity contribution in [1.29, 1.82) is 0 Å². The Morgan fingerprint density at radius 1 is 1.67 bits per heavy atom. The normalized spacial score (nSPS) is 34.7. The van der Waals surface area contributed by atoms with E-state index in [9.17, 15) is 4.79 Å². The smallest absolute Gasteiger partial charge is 0.161 e. The number of hydrogen-bond acceptors (Lipinski definition) is 2. The van der Waals surface area contributed by atoms with E-state index >= 15 is 0 Å². The van der Waals surface area contributed by atoms with Crippen LogP contribution >= 0.6 is 0 Å². The predicted molar refractivity (Wildman–Crippen MR) is 61.3 cm³/mol. The van der Waals surface area contributed by atoms with Crippen LogP contribution in [0.5, 0.6) is 0 Å². The summed E-state index contributed by atoms with van der Waals surface area (Å²) in [5, 5.41) is 3.24. The van der Waals surface area contributed by atoms with Crippen molar-refractivity contribution < 1.29 is 4.79 Å². The second kappa shape index (κ2) is 3.22. The number of carbonyl (C=O) groups is 1. The Morgan fingerprint density at radius 2 is 2.33 bits per heavy atom. The van der Waals surface area contributed by atoms with Gasteiger partial charge >= 0.3 is 0 Å². The van der Waals surface area contributed by atoms with Gasteiger partial charge in [-0.15, -0.1) is 6.58 Å². The molecule has 0 heterocycles. The number of hydrogen-bond donors (Lipinski definition) is 1. The summed E-state index contributed by atoms with van der Waals surface area (Å²) in [4.78, 5) is 11.8. The van der Waals surface area contributed by atoms with E-state index in [1.807, 2.05) is 13.0 Å². The highest BCUT2D eigenvalue weighted by molar-refractivity contribution is 6.01. The zero-order chi connectivity index (χ0) is 11.2. The molecule has 2 heteroatoms. The van der Waals surface area contributed by atoms with Crippen molar-refractivity contribution >= 4 is 5.78 Å². The van der Waals surface area contributed by atoms with Gasteiger partial charge in [-0.25, -0.2) is 0 Å². The minimum atomic E-state index is 0.346. The van der Waals surface area contributed by atoms with Crippen molar-refractivity contribution in [3.63, 3.8) is 0 Å². The fraction of sp³-hybridized carbons (Fsp3) is 0.615. The van der Waals surface area contributed by atoms with Crippen LogP contribution in [0.1, 0.15) is 27.2 Å². The summed E-state index contributed by atoms with van der Waals surface area (Å²) in [6, 6.07) is 0. The Morgan fingerprint density at radius 3 is 2.87 bits per heavy atom. The molecule has 0 saturated heterocycles. The van der Waals surface area contributed by atoms with Gasteiger partial charge in [0.2, 0.25) is 0 Å². The monoisotopic (exact) mass is 205 g/mol. The molecule has 0 radical (unpaired) electrons. The topological polar surface area (TPSA) is 29.1 Å². The standard InChI is InChI=1S/C13H19NO/c1-5-6-14-8(2)11-10(15)7-9-12(11)13(9,3)4/h5,9,12,14H,1,6-7H2,2-4H3/b11-8+/t9-,12-/m1/s1. The maximum Gasteiger partial charge on any atom is 0.161 e. The largest absolute Gasteiger partial charge is 0.385 e. The van der Waals surface area contributed by atoms with E-state index in [0.29, 0.717) is 23.0 Å². The summed E-state index contributed by atoms with van der Waals surface area (Å²) < 4.78 is 0. The van der Waals surface area contributed by atoms with Crippen molar-refractivity contribution in [3.8, 4) is 0 Å². The summed E-state index contributed by atoms with van der Waals surface area (Å²) in [5.74, 6) is 1.45. The minimum Gasteiger partial charge on any atom is -0.385 e. The van der Waals surface area contributed by atoms with Crippen LogP contribution in [0.15, 0.2) is 23.9 Å². The van der Waals surface area contributed by atoms with Gasteiger partial charge in [0.1, 0.15) is 0 Å². The van der Waals surface area contributed by atoms with Gasteiger partial charge in [-0.3, -0.25) is 4.79 Å². The van der Waals surface area contributed by atoms with Gasteiger partial charge in [0, 0.05) is 24.2 Å². The Bertz CT molecular complexity index is 352. The molecule has 0 bridgehead atoms. The molecule has 0 unspecified atom stereocenters. The van der Waals surface area contributed by atoms with Crippen LogP contribution in [0.2, 0.25) is 0 Å². The third-order valence-corrected chi connectivity index (χ3v) is 3.98. The van der Waals surface area contributed by atoms with E-state index in [-0.39, 0.29) is 0 Å². The molecule has 2 nitrogen and oxygen atoms in total. The maximum atomic E-state index is 11.8. The fourth-order valence-electron chi connectivity index (χ4n) is 2.94. The van der Waals surface area contributed by atoms with Crippen LogP contribution in [-0.2, 0) is 4.79 Å². The molecule has 0 aromatic carbocycles. The van der Waals surface area contributed by atoms with E-state index in [0.717, 1.165) is 24.2 Å². The number of carbonyl (C=O) groups excluding carboxylic acids is 1. The summed E-state index contributed by atoms with van der Waals surface area (Å²) >= 11 is 0. The quantitative estimate of drug-likeness (QED) is 0.565. The Hall–Kier alpha value is -1.05. The van der Waals surface area contributed by atoms with Crippen LogP contribution < -0.4 is 5.32 Å². The molecule has 2 aliphatic carbocycles. The maximum absolute atomic E-state index is 11.8. The number of ketones is 1. The Kier molecular flexibility index (Phi) is 2.25. The molecule has 0 aromatic heterocycles. The third-order valence-electron chi connectivity index (χ3n) is 3.98. The Balaban J connectivity index is 2.20. The first kappa shape index (κ1) is 10.5. The lowest BCUT2D eigenvalue weighted by Crippen LogP contribution is -2.18. The predicted octanol–water partition coefficient (Wildman–Crippen LogP) is 2.28. The van der Waals surface area contributed by atoms with Crippen molar-refractivity contribution in [3.05, 3.63) is 23.9 Å². The van der Waals surface area contributed by atoms with E-state index in [1.54, 1.807) is 0 Å².